The summed E-state index contributed by atoms with van der Waals surface area (Å²) in [6.07, 6.45) is 1.63. The zero-order valence-electron chi connectivity index (χ0n) is 18.4. The van der Waals surface area contributed by atoms with Crippen LogP contribution >= 0.6 is 0 Å². The summed E-state index contributed by atoms with van der Waals surface area (Å²) in [5.41, 5.74) is 3.00. The molecule has 0 spiro atoms. The highest BCUT2D eigenvalue weighted by Crippen LogP contribution is 2.16. The van der Waals surface area contributed by atoms with E-state index in [1.807, 2.05) is 89.2 Å². The van der Waals surface area contributed by atoms with Crippen molar-refractivity contribution in [3.63, 3.8) is 0 Å². The summed E-state index contributed by atoms with van der Waals surface area (Å²) in [6.45, 7) is 10.3. The van der Waals surface area contributed by atoms with Gasteiger partial charge >= 0.3 is 0 Å². The SMILES string of the molecule is CC[C@H](C(=O)NC(C)(C)C)N(Cc1ccc(C)cc1)C(=O)CCc1ccccc1. The van der Waals surface area contributed by atoms with Crippen molar-refractivity contribution in [3.8, 4) is 0 Å². The van der Waals surface area contributed by atoms with Crippen molar-refractivity contribution in [2.24, 2.45) is 0 Å². The van der Waals surface area contributed by atoms with E-state index in [-0.39, 0.29) is 17.4 Å². The minimum Gasteiger partial charge on any atom is -0.350 e. The van der Waals surface area contributed by atoms with Gasteiger partial charge in [-0.15, -0.1) is 0 Å². The third-order valence-electron chi connectivity index (χ3n) is 4.83. The van der Waals surface area contributed by atoms with Crippen LogP contribution in [0.25, 0.3) is 0 Å². The molecule has 2 aromatic carbocycles. The van der Waals surface area contributed by atoms with Gasteiger partial charge in [0.1, 0.15) is 6.04 Å². The second-order valence-electron chi connectivity index (χ2n) is 8.66. The summed E-state index contributed by atoms with van der Waals surface area (Å²) < 4.78 is 0. The number of rotatable bonds is 8. The molecule has 2 rings (SSSR count). The Bertz CT molecular complexity index is 792. The molecule has 0 aliphatic rings. The Hall–Kier alpha value is -2.62. The molecule has 4 heteroatoms. The van der Waals surface area contributed by atoms with Crippen LogP contribution in [-0.2, 0) is 22.6 Å². The molecule has 0 aliphatic heterocycles. The topological polar surface area (TPSA) is 49.4 Å². The number of nitrogens with zero attached hydrogens (tertiary/aromatic N) is 1. The van der Waals surface area contributed by atoms with E-state index >= 15 is 0 Å². The van der Waals surface area contributed by atoms with Crippen LogP contribution in [0, 0.1) is 6.92 Å². The molecule has 2 amide bonds. The fraction of sp³-hybridized carbons (Fsp3) is 0.440. The Kier molecular flexibility index (Phi) is 8.00. The van der Waals surface area contributed by atoms with Crippen molar-refractivity contribution in [2.45, 2.75) is 72.0 Å². The molecule has 0 aliphatic carbocycles. The molecule has 0 aromatic heterocycles. The Morgan fingerprint density at radius 1 is 0.966 bits per heavy atom. The summed E-state index contributed by atoms with van der Waals surface area (Å²) >= 11 is 0. The molecule has 2 aromatic rings. The van der Waals surface area contributed by atoms with Gasteiger partial charge in [0.05, 0.1) is 0 Å². The Morgan fingerprint density at radius 3 is 2.14 bits per heavy atom. The number of carbonyl (C=O) groups is 2. The summed E-state index contributed by atoms with van der Waals surface area (Å²) in [5.74, 6) is -0.0921. The summed E-state index contributed by atoms with van der Waals surface area (Å²) in [6, 6.07) is 17.6. The van der Waals surface area contributed by atoms with E-state index in [0.29, 0.717) is 25.8 Å². The van der Waals surface area contributed by atoms with E-state index in [1.54, 1.807) is 4.90 Å². The molecule has 1 atom stereocenters. The van der Waals surface area contributed by atoms with Gasteiger partial charge in [0.25, 0.3) is 0 Å². The van der Waals surface area contributed by atoms with E-state index in [4.69, 9.17) is 0 Å². The standard InChI is InChI=1S/C25H34N2O2/c1-6-22(24(29)26-25(3,4)5)27(18-21-14-12-19(2)13-15-21)23(28)17-16-20-10-8-7-9-11-20/h7-15,22H,6,16-18H2,1-5H3,(H,26,29)/t22-/m1/s1. The number of amides is 2. The van der Waals surface area contributed by atoms with Crippen molar-refractivity contribution in [1.29, 1.82) is 0 Å². The second kappa shape index (κ2) is 10.2. The quantitative estimate of drug-likeness (QED) is 0.708. The van der Waals surface area contributed by atoms with Crippen LogP contribution in [-0.4, -0.2) is 28.3 Å². The fourth-order valence-corrected chi connectivity index (χ4v) is 3.30. The highest BCUT2D eigenvalue weighted by Gasteiger charge is 2.30. The number of aryl methyl sites for hydroxylation is 2. The van der Waals surface area contributed by atoms with Gasteiger partial charge < -0.3 is 10.2 Å². The number of carbonyl (C=O) groups excluding carboxylic acids is 2. The van der Waals surface area contributed by atoms with Gasteiger partial charge in [-0.05, 0) is 51.7 Å². The maximum atomic E-state index is 13.2. The first-order chi connectivity index (χ1) is 13.7. The Labute approximate surface area is 175 Å². The molecule has 0 bridgehead atoms. The molecule has 0 heterocycles. The minimum atomic E-state index is -0.487. The predicted molar refractivity (Wildman–Crippen MR) is 118 cm³/mol. The van der Waals surface area contributed by atoms with Crippen LogP contribution in [0.2, 0.25) is 0 Å². The highest BCUT2D eigenvalue weighted by molar-refractivity contribution is 5.88. The molecular weight excluding hydrogens is 360 g/mol. The first-order valence-electron chi connectivity index (χ1n) is 10.4. The maximum absolute atomic E-state index is 13.2. The van der Waals surface area contributed by atoms with Gasteiger partial charge in [-0.2, -0.15) is 0 Å². The van der Waals surface area contributed by atoms with Gasteiger partial charge in [0.15, 0.2) is 0 Å². The average molecular weight is 395 g/mol. The molecule has 0 saturated heterocycles. The number of nitrogens with one attached hydrogen (secondary N) is 1. The zero-order chi connectivity index (χ0) is 21.4. The molecule has 1 N–H and O–H groups in total. The first-order valence-corrected chi connectivity index (χ1v) is 10.4. The van der Waals surface area contributed by atoms with E-state index < -0.39 is 6.04 Å². The lowest BCUT2D eigenvalue weighted by Gasteiger charge is -2.33. The Morgan fingerprint density at radius 2 is 1.59 bits per heavy atom. The lowest BCUT2D eigenvalue weighted by atomic mass is 10.0. The number of hydrogen-bond acceptors (Lipinski definition) is 2. The van der Waals surface area contributed by atoms with Crippen LogP contribution in [0.4, 0.5) is 0 Å². The molecular formula is C25H34N2O2. The smallest absolute Gasteiger partial charge is 0.243 e. The molecule has 0 fully saturated rings. The largest absolute Gasteiger partial charge is 0.350 e. The normalized spacial score (nSPS) is 12.3. The summed E-state index contributed by atoms with van der Waals surface area (Å²) in [7, 11) is 0. The van der Waals surface area contributed by atoms with Gasteiger partial charge in [-0.1, -0.05) is 67.1 Å². The molecule has 0 radical (unpaired) electrons. The van der Waals surface area contributed by atoms with Crippen LogP contribution in [0.15, 0.2) is 54.6 Å². The van der Waals surface area contributed by atoms with Gasteiger partial charge in [-0.25, -0.2) is 0 Å². The van der Waals surface area contributed by atoms with Crippen molar-refractivity contribution < 1.29 is 9.59 Å². The molecule has 4 nitrogen and oxygen atoms in total. The summed E-state index contributed by atoms with van der Waals surface area (Å²) in [4.78, 5) is 27.9. The van der Waals surface area contributed by atoms with Crippen LogP contribution in [0.1, 0.15) is 57.2 Å². The minimum absolute atomic E-state index is 0.00494. The van der Waals surface area contributed by atoms with Gasteiger partial charge in [-0.3, -0.25) is 9.59 Å². The van der Waals surface area contributed by atoms with Crippen LogP contribution in [0.5, 0.6) is 0 Å². The Balaban J connectivity index is 2.21. The second-order valence-corrected chi connectivity index (χ2v) is 8.66. The third kappa shape index (κ3) is 7.37. The van der Waals surface area contributed by atoms with Crippen molar-refractivity contribution in [2.75, 3.05) is 0 Å². The van der Waals surface area contributed by atoms with E-state index in [9.17, 15) is 9.59 Å². The van der Waals surface area contributed by atoms with E-state index in [2.05, 4.69) is 5.32 Å². The fourth-order valence-electron chi connectivity index (χ4n) is 3.30. The zero-order valence-corrected chi connectivity index (χ0v) is 18.4. The van der Waals surface area contributed by atoms with Gasteiger partial charge in [0, 0.05) is 18.5 Å². The average Bonchev–Trinajstić information content (AvgIpc) is 2.67. The van der Waals surface area contributed by atoms with E-state index in [0.717, 1.165) is 11.1 Å². The van der Waals surface area contributed by atoms with Crippen molar-refractivity contribution >= 4 is 11.8 Å². The lowest BCUT2D eigenvalue weighted by Crippen LogP contribution is -2.53. The number of hydrogen-bond donors (Lipinski definition) is 1. The molecule has 156 valence electrons. The lowest BCUT2D eigenvalue weighted by molar-refractivity contribution is -0.142. The van der Waals surface area contributed by atoms with Crippen LogP contribution in [0.3, 0.4) is 0 Å². The summed E-state index contributed by atoms with van der Waals surface area (Å²) in [5, 5.41) is 3.04. The van der Waals surface area contributed by atoms with Crippen LogP contribution < -0.4 is 5.32 Å². The molecule has 0 unspecified atom stereocenters. The maximum Gasteiger partial charge on any atom is 0.243 e. The highest BCUT2D eigenvalue weighted by atomic mass is 16.2. The third-order valence-corrected chi connectivity index (χ3v) is 4.83. The molecule has 0 saturated carbocycles. The molecule has 29 heavy (non-hydrogen) atoms. The van der Waals surface area contributed by atoms with Gasteiger partial charge in [0.2, 0.25) is 11.8 Å². The van der Waals surface area contributed by atoms with E-state index in [1.165, 1.54) is 5.56 Å². The van der Waals surface area contributed by atoms with Crippen molar-refractivity contribution in [3.05, 3.63) is 71.3 Å². The predicted octanol–water partition coefficient (Wildman–Crippen LogP) is 4.65. The first kappa shape index (κ1) is 22.7. The van der Waals surface area contributed by atoms with Crippen molar-refractivity contribution in [1.82, 2.24) is 10.2 Å². The monoisotopic (exact) mass is 394 g/mol. The number of benzene rings is 2.